The second-order valence-electron chi connectivity index (χ2n) is 1.55. The zero-order valence-corrected chi connectivity index (χ0v) is 6.66. The van der Waals surface area contributed by atoms with E-state index in [1.807, 2.05) is 0 Å². The lowest BCUT2D eigenvalue weighted by Crippen LogP contribution is -2.06. The molecule has 1 aromatic heterocycles. The number of rotatable bonds is 1. The maximum Gasteiger partial charge on any atom is 0.242 e. The molecule has 0 saturated heterocycles. The Kier molecular flexibility index (Phi) is 2.18. The minimum absolute atomic E-state index is 0.200. The lowest BCUT2D eigenvalue weighted by Gasteiger charge is -1.89. The molecule has 0 aromatic carbocycles. The van der Waals surface area contributed by atoms with Crippen LogP contribution in [0.2, 0.25) is 4.47 Å². The number of aromatic nitrogens is 2. The molecule has 0 unspecified atom stereocenters. The molecule has 0 saturated carbocycles. The Bertz CT molecular complexity index is 248. The molecule has 0 spiro atoms. The fourth-order valence-corrected chi connectivity index (χ4v) is 0.972. The number of nitrogens with one attached hydrogen (secondary N) is 1. The van der Waals surface area contributed by atoms with Crippen LogP contribution in [-0.4, -0.2) is 15.3 Å². The molecule has 54 valence electrons. The van der Waals surface area contributed by atoms with Crippen molar-refractivity contribution in [3.05, 3.63) is 4.47 Å². The second-order valence-corrected chi connectivity index (χ2v) is 2.89. The third-order valence-corrected chi connectivity index (χ3v) is 1.49. The normalized spacial score (nSPS) is 9.40. The van der Waals surface area contributed by atoms with Gasteiger partial charge in [-0.1, -0.05) is 0 Å². The van der Waals surface area contributed by atoms with Gasteiger partial charge in [0.2, 0.25) is 16.3 Å². The SMILES string of the molecule is CC(=O)Nc1nsc(Cl)n1. The smallest absolute Gasteiger partial charge is 0.242 e. The van der Waals surface area contributed by atoms with Gasteiger partial charge in [-0.3, -0.25) is 10.1 Å². The first-order valence-corrected chi connectivity index (χ1v) is 3.60. The van der Waals surface area contributed by atoms with Crippen molar-refractivity contribution in [2.75, 3.05) is 5.32 Å². The quantitative estimate of drug-likeness (QED) is 0.700. The van der Waals surface area contributed by atoms with Gasteiger partial charge in [0.1, 0.15) is 0 Å². The van der Waals surface area contributed by atoms with Crippen LogP contribution in [0.5, 0.6) is 0 Å². The van der Waals surface area contributed by atoms with Gasteiger partial charge in [0, 0.05) is 18.5 Å². The van der Waals surface area contributed by atoms with Crippen molar-refractivity contribution < 1.29 is 4.79 Å². The van der Waals surface area contributed by atoms with Crippen LogP contribution in [0, 0.1) is 0 Å². The molecule has 1 aromatic rings. The van der Waals surface area contributed by atoms with Crippen molar-refractivity contribution >= 4 is 35.0 Å². The Labute approximate surface area is 66.4 Å². The maximum absolute atomic E-state index is 10.4. The van der Waals surface area contributed by atoms with Gasteiger partial charge in [0.25, 0.3) is 0 Å². The van der Waals surface area contributed by atoms with E-state index in [2.05, 4.69) is 14.7 Å². The molecule has 1 rings (SSSR count). The average Bonchev–Trinajstić information content (AvgIpc) is 2.13. The van der Waals surface area contributed by atoms with Crippen LogP contribution in [0.3, 0.4) is 0 Å². The van der Waals surface area contributed by atoms with Gasteiger partial charge in [-0.15, -0.1) is 0 Å². The molecular weight excluding hydrogens is 174 g/mol. The molecule has 0 fully saturated rings. The lowest BCUT2D eigenvalue weighted by molar-refractivity contribution is -0.114. The third kappa shape index (κ3) is 1.93. The summed E-state index contributed by atoms with van der Waals surface area (Å²) < 4.78 is 4.05. The van der Waals surface area contributed by atoms with Crippen LogP contribution in [-0.2, 0) is 4.79 Å². The molecule has 1 N–H and O–H groups in total. The highest BCUT2D eigenvalue weighted by Crippen LogP contribution is 2.13. The van der Waals surface area contributed by atoms with E-state index in [1.165, 1.54) is 6.92 Å². The summed E-state index contributed by atoms with van der Waals surface area (Å²) in [5.74, 6) is 0.0666. The first kappa shape index (κ1) is 7.43. The van der Waals surface area contributed by atoms with E-state index in [0.29, 0.717) is 4.47 Å². The fraction of sp³-hybridized carbons (Fsp3) is 0.250. The van der Waals surface area contributed by atoms with Crippen molar-refractivity contribution in [3.8, 4) is 0 Å². The molecule has 0 atom stereocenters. The Morgan fingerprint density at radius 2 is 2.50 bits per heavy atom. The van der Waals surface area contributed by atoms with E-state index in [1.54, 1.807) is 0 Å². The summed E-state index contributed by atoms with van der Waals surface area (Å²) in [4.78, 5) is 14.1. The number of carbonyl (C=O) groups is 1. The largest absolute Gasteiger partial charge is 0.294 e. The minimum Gasteiger partial charge on any atom is -0.294 e. The average molecular weight is 178 g/mol. The Morgan fingerprint density at radius 3 is 2.90 bits per heavy atom. The molecule has 0 aliphatic heterocycles. The Balaban J connectivity index is 2.67. The minimum atomic E-state index is -0.200. The van der Waals surface area contributed by atoms with Crippen molar-refractivity contribution in [2.24, 2.45) is 0 Å². The van der Waals surface area contributed by atoms with E-state index in [-0.39, 0.29) is 11.9 Å². The zero-order valence-electron chi connectivity index (χ0n) is 5.09. The molecule has 0 aliphatic rings. The number of carbonyl (C=O) groups excluding carboxylic acids is 1. The summed E-state index contributed by atoms with van der Waals surface area (Å²) in [6.45, 7) is 1.38. The summed E-state index contributed by atoms with van der Waals surface area (Å²) in [6.07, 6.45) is 0. The van der Waals surface area contributed by atoms with Crippen LogP contribution in [0.4, 0.5) is 5.95 Å². The molecule has 0 radical (unpaired) electrons. The van der Waals surface area contributed by atoms with Crippen LogP contribution < -0.4 is 5.32 Å². The Hall–Kier alpha value is -0.680. The van der Waals surface area contributed by atoms with E-state index >= 15 is 0 Å². The van der Waals surface area contributed by atoms with Gasteiger partial charge in [-0.25, -0.2) is 0 Å². The monoisotopic (exact) mass is 177 g/mol. The molecule has 0 bridgehead atoms. The van der Waals surface area contributed by atoms with E-state index in [9.17, 15) is 4.79 Å². The standard InChI is InChI=1S/C4H4ClN3OS/c1-2(9)6-4-7-3(5)10-8-4/h1H3,(H,6,8,9). The number of hydrogen-bond donors (Lipinski definition) is 1. The first-order valence-electron chi connectivity index (χ1n) is 2.45. The van der Waals surface area contributed by atoms with Gasteiger partial charge >= 0.3 is 0 Å². The Morgan fingerprint density at radius 1 is 1.80 bits per heavy atom. The number of amides is 1. The van der Waals surface area contributed by atoms with E-state index in [4.69, 9.17) is 11.6 Å². The van der Waals surface area contributed by atoms with Crippen LogP contribution in [0.25, 0.3) is 0 Å². The maximum atomic E-state index is 10.4. The van der Waals surface area contributed by atoms with Crippen molar-refractivity contribution in [2.45, 2.75) is 6.92 Å². The van der Waals surface area contributed by atoms with Crippen molar-refractivity contribution in [3.63, 3.8) is 0 Å². The molecule has 1 heterocycles. The van der Waals surface area contributed by atoms with E-state index in [0.717, 1.165) is 11.5 Å². The van der Waals surface area contributed by atoms with Crippen LogP contribution in [0.15, 0.2) is 0 Å². The summed E-state index contributed by atoms with van der Waals surface area (Å²) in [5.41, 5.74) is 0. The van der Waals surface area contributed by atoms with Gasteiger partial charge in [0.15, 0.2) is 0 Å². The molecule has 10 heavy (non-hydrogen) atoms. The van der Waals surface area contributed by atoms with E-state index < -0.39 is 0 Å². The third-order valence-electron chi connectivity index (χ3n) is 0.689. The van der Waals surface area contributed by atoms with Gasteiger partial charge in [-0.05, 0) is 11.6 Å². The van der Waals surface area contributed by atoms with Gasteiger partial charge < -0.3 is 0 Å². The molecular formula is C4H4ClN3OS. The number of hydrogen-bond acceptors (Lipinski definition) is 4. The number of halogens is 1. The molecule has 0 aliphatic carbocycles. The molecule has 6 heteroatoms. The van der Waals surface area contributed by atoms with Crippen molar-refractivity contribution in [1.82, 2.24) is 9.36 Å². The predicted octanol–water partition coefficient (Wildman–Crippen LogP) is 1.15. The predicted molar refractivity (Wildman–Crippen MR) is 39.2 cm³/mol. The molecule has 1 amide bonds. The fourth-order valence-electron chi connectivity index (χ4n) is 0.413. The van der Waals surface area contributed by atoms with Crippen LogP contribution >= 0.6 is 23.1 Å². The van der Waals surface area contributed by atoms with Gasteiger partial charge in [-0.2, -0.15) is 9.36 Å². The second kappa shape index (κ2) is 2.94. The highest BCUT2D eigenvalue weighted by atomic mass is 35.5. The van der Waals surface area contributed by atoms with Crippen LogP contribution in [0.1, 0.15) is 6.92 Å². The summed E-state index contributed by atoms with van der Waals surface area (Å²) in [7, 11) is 0. The first-order chi connectivity index (χ1) is 4.68. The number of anilines is 1. The highest BCUT2D eigenvalue weighted by Gasteiger charge is 2.00. The summed E-state index contributed by atoms with van der Waals surface area (Å²) in [6, 6.07) is 0. The highest BCUT2D eigenvalue weighted by molar-refractivity contribution is 7.10. The zero-order chi connectivity index (χ0) is 7.56. The van der Waals surface area contributed by atoms with Gasteiger partial charge in [0.05, 0.1) is 0 Å². The molecule has 4 nitrogen and oxygen atoms in total. The topological polar surface area (TPSA) is 54.9 Å². The summed E-state index contributed by atoms with van der Waals surface area (Å²) >= 11 is 6.47. The lowest BCUT2D eigenvalue weighted by atomic mass is 10.7. The number of nitrogens with zero attached hydrogens (tertiary/aromatic N) is 2. The van der Waals surface area contributed by atoms with Crippen molar-refractivity contribution in [1.29, 1.82) is 0 Å². The summed E-state index contributed by atoms with van der Waals surface area (Å²) in [5, 5.41) is 2.39.